The normalized spacial score (nSPS) is 10.8. The molecule has 0 aromatic carbocycles. The van der Waals surface area contributed by atoms with Crippen molar-refractivity contribution in [2.45, 2.75) is 144 Å². The zero-order chi connectivity index (χ0) is 33.3. The highest BCUT2D eigenvalue weighted by molar-refractivity contribution is 5.94. The first-order valence-electron chi connectivity index (χ1n) is 17.1. The topological polar surface area (TPSA) is 115 Å². The van der Waals surface area contributed by atoms with Crippen LogP contribution in [-0.2, 0) is 28.8 Å². The predicted octanol–water partition coefficient (Wildman–Crippen LogP) is 5.72. The van der Waals surface area contributed by atoms with Gasteiger partial charge in [0.1, 0.15) is 0 Å². The molecule has 0 rings (SSSR count). The average Bonchev–Trinajstić information content (AvgIpc) is 2.96. The third-order valence-electron chi connectivity index (χ3n) is 8.00. The Hall–Kier alpha value is -2.78. The molecule has 0 aromatic heterocycles. The molecule has 10 heteroatoms. The molecule has 0 aliphatic rings. The molecule has 0 unspecified atom stereocenters. The first-order valence-corrected chi connectivity index (χ1v) is 17.1. The number of hydrogen-bond donors (Lipinski definition) is 0. The van der Waals surface area contributed by atoms with E-state index in [1.807, 2.05) is 0 Å². The Morgan fingerprint density at radius 2 is 0.682 bits per heavy atom. The fraction of sp³-hybridized carbons (Fsp3) is 0.824. The van der Waals surface area contributed by atoms with Gasteiger partial charge < -0.3 is 9.80 Å². The number of rotatable bonds is 25. The molecule has 0 aromatic rings. The smallest absolute Gasteiger partial charge is 0.229 e. The predicted molar refractivity (Wildman–Crippen MR) is 175 cm³/mol. The molecule has 0 aliphatic carbocycles. The summed E-state index contributed by atoms with van der Waals surface area (Å²) in [5.41, 5.74) is 0. The highest BCUT2D eigenvalue weighted by Crippen LogP contribution is 2.11. The molecule has 10 nitrogen and oxygen atoms in total. The molecule has 254 valence electrons. The number of unbranched alkanes of at least 4 members (excludes halogenated alkanes) is 10. The second-order valence-electron chi connectivity index (χ2n) is 11.9. The van der Waals surface area contributed by atoms with Crippen LogP contribution in [0, 0.1) is 0 Å². The zero-order valence-corrected chi connectivity index (χ0v) is 28.8. The van der Waals surface area contributed by atoms with Crippen LogP contribution >= 0.6 is 0 Å². The maximum absolute atomic E-state index is 12.6. The summed E-state index contributed by atoms with van der Waals surface area (Å²) in [4.78, 5) is 80.0. The van der Waals surface area contributed by atoms with Crippen LogP contribution in [0.2, 0.25) is 0 Å². The molecule has 0 saturated carbocycles. The molecule has 0 N–H and O–H groups in total. The summed E-state index contributed by atoms with van der Waals surface area (Å²) >= 11 is 0. The van der Waals surface area contributed by atoms with Crippen molar-refractivity contribution in [2.75, 3.05) is 39.3 Å². The summed E-state index contributed by atoms with van der Waals surface area (Å²) < 4.78 is 0. The van der Waals surface area contributed by atoms with Crippen molar-refractivity contribution in [1.29, 1.82) is 0 Å². The van der Waals surface area contributed by atoms with Gasteiger partial charge in [0.05, 0.1) is 0 Å². The number of hydrogen-bond acceptors (Lipinski definition) is 6. The van der Waals surface area contributed by atoms with Crippen LogP contribution in [0.4, 0.5) is 0 Å². The summed E-state index contributed by atoms with van der Waals surface area (Å²) in [6, 6.07) is 0. The van der Waals surface area contributed by atoms with Crippen LogP contribution in [-0.4, -0.2) is 94.3 Å². The Morgan fingerprint density at radius 1 is 0.364 bits per heavy atom. The van der Waals surface area contributed by atoms with Crippen molar-refractivity contribution >= 4 is 35.4 Å². The van der Waals surface area contributed by atoms with E-state index in [4.69, 9.17) is 0 Å². The molecule has 0 radical (unpaired) electrons. The van der Waals surface area contributed by atoms with Gasteiger partial charge in [-0.15, -0.1) is 0 Å². The summed E-state index contributed by atoms with van der Waals surface area (Å²) in [6.45, 7) is 11.9. The Labute approximate surface area is 267 Å². The number of carbonyl (C=O) groups excluding carboxylic acids is 6. The van der Waals surface area contributed by atoms with Crippen LogP contribution in [0.5, 0.6) is 0 Å². The van der Waals surface area contributed by atoms with Gasteiger partial charge in [-0.25, -0.2) is 0 Å². The molecule has 6 amide bonds. The number of nitrogens with zero attached hydrogens (tertiary/aromatic N) is 4. The van der Waals surface area contributed by atoms with E-state index in [0.29, 0.717) is 51.9 Å². The summed E-state index contributed by atoms with van der Waals surface area (Å²) in [5.74, 6) is -1.22. The third kappa shape index (κ3) is 19.5. The van der Waals surface area contributed by atoms with E-state index in [-0.39, 0.29) is 48.5 Å². The van der Waals surface area contributed by atoms with Crippen molar-refractivity contribution in [1.82, 2.24) is 19.6 Å². The van der Waals surface area contributed by atoms with Gasteiger partial charge in [0.25, 0.3) is 0 Å². The van der Waals surface area contributed by atoms with Gasteiger partial charge in [-0.05, 0) is 25.7 Å². The molecule has 0 bridgehead atoms. The van der Waals surface area contributed by atoms with E-state index in [2.05, 4.69) is 13.8 Å². The van der Waals surface area contributed by atoms with Crippen LogP contribution < -0.4 is 0 Å². The van der Waals surface area contributed by atoms with E-state index in [1.165, 1.54) is 76.0 Å². The summed E-state index contributed by atoms with van der Waals surface area (Å²) in [5, 5.41) is 0. The minimum absolute atomic E-state index is 0.149. The standard InChI is InChI=1S/C34H62N4O6/c1-7-9-11-13-15-17-21-33(43)37(31(5)41)25-19-23-35(29(3)39)27-28-36(30(4)40)24-20-26-38(32(6)42)34(44)22-18-16-14-12-10-8-2/h7-28H2,1-6H3. The van der Waals surface area contributed by atoms with E-state index in [9.17, 15) is 28.8 Å². The van der Waals surface area contributed by atoms with Gasteiger partial charge in [-0.2, -0.15) is 0 Å². The molecule has 44 heavy (non-hydrogen) atoms. The Morgan fingerprint density at radius 3 is 0.977 bits per heavy atom. The zero-order valence-electron chi connectivity index (χ0n) is 28.8. The maximum atomic E-state index is 12.6. The highest BCUT2D eigenvalue weighted by Gasteiger charge is 2.20. The van der Waals surface area contributed by atoms with Gasteiger partial charge in [-0.1, -0.05) is 78.1 Å². The van der Waals surface area contributed by atoms with Crippen LogP contribution in [0.3, 0.4) is 0 Å². The fourth-order valence-electron chi connectivity index (χ4n) is 5.23. The first kappa shape index (κ1) is 41.2. The highest BCUT2D eigenvalue weighted by atomic mass is 16.2. The molecule has 0 heterocycles. The van der Waals surface area contributed by atoms with Gasteiger partial charge in [0, 0.05) is 79.8 Å². The third-order valence-corrected chi connectivity index (χ3v) is 8.00. The van der Waals surface area contributed by atoms with Crippen molar-refractivity contribution < 1.29 is 28.8 Å². The lowest BCUT2D eigenvalue weighted by atomic mass is 10.1. The van der Waals surface area contributed by atoms with Crippen molar-refractivity contribution in [3.63, 3.8) is 0 Å². The monoisotopic (exact) mass is 622 g/mol. The Balaban J connectivity index is 4.75. The second-order valence-corrected chi connectivity index (χ2v) is 11.9. The fourth-order valence-corrected chi connectivity index (χ4v) is 5.23. The minimum atomic E-state index is -0.289. The maximum Gasteiger partial charge on any atom is 0.229 e. The average molecular weight is 623 g/mol. The molecule has 0 saturated heterocycles. The molecule has 0 atom stereocenters. The molecule has 0 aliphatic heterocycles. The van der Waals surface area contributed by atoms with E-state index in [1.54, 1.807) is 9.80 Å². The van der Waals surface area contributed by atoms with Gasteiger partial charge in [0.15, 0.2) is 0 Å². The molecular weight excluding hydrogens is 560 g/mol. The lowest BCUT2D eigenvalue weighted by molar-refractivity contribution is -0.145. The summed E-state index contributed by atoms with van der Waals surface area (Å²) in [7, 11) is 0. The number of carbonyl (C=O) groups is 6. The Bertz CT molecular complexity index is 808. The van der Waals surface area contributed by atoms with Gasteiger partial charge in [-0.3, -0.25) is 38.6 Å². The van der Waals surface area contributed by atoms with Crippen molar-refractivity contribution in [2.24, 2.45) is 0 Å². The quantitative estimate of drug-likeness (QED) is 0.120. The van der Waals surface area contributed by atoms with E-state index in [0.717, 1.165) is 38.5 Å². The van der Waals surface area contributed by atoms with Gasteiger partial charge in [0.2, 0.25) is 35.4 Å². The van der Waals surface area contributed by atoms with Crippen molar-refractivity contribution in [3.05, 3.63) is 0 Å². The molecular formula is C34H62N4O6. The van der Waals surface area contributed by atoms with E-state index < -0.39 is 0 Å². The van der Waals surface area contributed by atoms with E-state index >= 15 is 0 Å². The second kappa shape index (κ2) is 25.5. The Kier molecular flexibility index (Phi) is 23.9. The van der Waals surface area contributed by atoms with Crippen LogP contribution in [0.1, 0.15) is 144 Å². The lowest BCUT2D eigenvalue weighted by Crippen LogP contribution is -2.43. The van der Waals surface area contributed by atoms with Gasteiger partial charge >= 0.3 is 0 Å². The SMILES string of the molecule is CCCCCCCCC(=O)N(CCCN(CCN(CCCN(C(C)=O)C(=O)CCCCCCCC)C(C)=O)C(C)=O)C(C)=O. The largest absolute Gasteiger partial charge is 0.341 e. The van der Waals surface area contributed by atoms with Crippen LogP contribution in [0.25, 0.3) is 0 Å². The summed E-state index contributed by atoms with van der Waals surface area (Å²) in [6.07, 6.45) is 14.4. The first-order chi connectivity index (χ1) is 21.0. The van der Waals surface area contributed by atoms with Crippen LogP contribution in [0.15, 0.2) is 0 Å². The lowest BCUT2D eigenvalue weighted by Gasteiger charge is -2.28. The number of imide groups is 2. The molecule has 0 spiro atoms. The molecule has 0 fully saturated rings. The minimum Gasteiger partial charge on any atom is -0.341 e. The van der Waals surface area contributed by atoms with Crippen molar-refractivity contribution in [3.8, 4) is 0 Å². The number of amides is 6.